The van der Waals surface area contributed by atoms with E-state index in [-0.39, 0.29) is 31.1 Å². The summed E-state index contributed by atoms with van der Waals surface area (Å²) in [6.07, 6.45) is 41.5. The highest BCUT2D eigenvalue weighted by atomic mass is 16.6. The Morgan fingerprint density at radius 3 is 1.10 bits per heavy atom. The molecule has 286 valence electrons. The van der Waals surface area contributed by atoms with Crippen LogP contribution in [-0.4, -0.2) is 37.2 Å². The Labute approximate surface area is 303 Å². The van der Waals surface area contributed by atoms with Gasteiger partial charge >= 0.3 is 17.9 Å². The third-order valence-electron chi connectivity index (χ3n) is 8.90. The summed E-state index contributed by atoms with van der Waals surface area (Å²) in [6, 6.07) is 0. The number of unbranched alkanes of at least 4 members (excludes halogenated alkanes) is 22. The molecule has 6 nitrogen and oxygen atoms in total. The van der Waals surface area contributed by atoms with Crippen LogP contribution in [-0.2, 0) is 28.6 Å². The molecule has 6 heteroatoms. The topological polar surface area (TPSA) is 78.9 Å². The van der Waals surface area contributed by atoms with Gasteiger partial charge in [-0.1, -0.05) is 148 Å². The highest BCUT2D eigenvalue weighted by Crippen LogP contribution is 2.13. The number of hydrogen-bond donors (Lipinski definition) is 0. The molecule has 0 radical (unpaired) electrons. The molecule has 0 unspecified atom stereocenters. The summed E-state index contributed by atoms with van der Waals surface area (Å²) in [7, 11) is 0. The van der Waals surface area contributed by atoms with Crippen LogP contribution in [0.2, 0.25) is 0 Å². The molecule has 0 aliphatic carbocycles. The molecule has 0 heterocycles. The van der Waals surface area contributed by atoms with Crippen LogP contribution < -0.4 is 0 Å². The lowest BCUT2D eigenvalue weighted by Crippen LogP contribution is -2.30. The number of carbonyl (C=O) groups excluding carboxylic acids is 3. The SMILES string of the molecule is CCCCCCCCC=CCCCCCCCC(=O)OC[C@@H](COC(=O)CCC)OC(=O)CCCCCCCC=CCCCCCCCC. The zero-order chi connectivity index (χ0) is 35.9. The van der Waals surface area contributed by atoms with Gasteiger partial charge in [0, 0.05) is 19.3 Å². The lowest BCUT2D eigenvalue weighted by atomic mass is 10.1. The van der Waals surface area contributed by atoms with Crippen molar-refractivity contribution in [3.05, 3.63) is 24.3 Å². The smallest absolute Gasteiger partial charge is 0.306 e. The van der Waals surface area contributed by atoms with E-state index in [4.69, 9.17) is 14.2 Å². The Hall–Kier alpha value is -2.11. The van der Waals surface area contributed by atoms with Crippen LogP contribution in [0.15, 0.2) is 24.3 Å². The fraction of sp³-hybridized carbons (Fsp3) is 0.837. The van der Waals surface area contributed by atoms with E-state index < -0.39 is 6.10 Å². The maximum Gasteiger partial charge on any atom is 0.306 e. The molecule has 0 bridgehead atoms. The summed E-state index contributed by atoms with van der Waals surface area (Å²) in [5.41, 5.74) is 0. The molecule has 0 aliphatic rings. The normalized spacial score (nSPS) is 12.1. The Bertz CT molecular complexity index is 804. The molecule has 0 aromatic rings. The molecule has 0 spiro atoms. The monoisotopic (exact) mass is 691 g/mol. The number of hydrogen-bond acceptors (Lipinski definition) is 6. The molecule has 0 fully saturated rings. The van der Waals surface area contributed by atoms with Gasteiger partial charge in [-0.25, -0.2) is 0 Å². The van der Waals surface area contributed by atoms with E-state index in [0.29, 0.717) is 25.7 Å². The molecule has 0 aliphatic heterocycles. The van der Waals surface area contributed by atoms with Crippen LogP contribution in [0.3, 0.4) is 0 Å². The van der Waals surface area contributed by atoms with E-state index in [1.165, 1.54) is 116 Å². The average Bonchev–Trinajstić information content (AvgIpc) is 3.09. The summed E-state index contributed by atoms with van der Waals surface area (Å²) >= 11 is 0. The van der Waals surface area contributed by atoms with Crippen molar-refractivity contribution in [1.29, 1.82) is 0 Å². The first-order valence-electron chi connectivity index (χ1n) is 20.8. The lowest BCUT2D eigenvalue weighted by Gasteiger charge is -2.18. The summed E-state index contributed by atoms with van der Waals surface area (Å²) in [6.45, 7) is 6.25. The van der Waals surface area contributed by atoms with Crippen LogP contribution in [0.25, 0.3) is 0 Å². The standard InChI is InChI=1S/C43H78O6/c1-4-7-9-11-13-15-17-19-21-23-25-27-29-31-33-36-42(45)48-39-40(38-47-41(44)35-6-3)49-43(46)37-34-32-30-28-26-24-22-20-18-16-14-12-10-8-5-2/h19-22,40H,4-18,23-39H2,1-3H3/t40-/m1/s1. The molecule has 0 saturated heterocycles. The molecule has 0 aromatic carbocycles. The highest BCUT2D eigenvalue weighted by molar-refractivity contribution is 5.71. The third-order valence-corrected chi connectivity index (χ3v) is 8.90. The second-order valence-electron chi connectivity index (χ2n) is 13.9. The van der Waals surface area contributed by atoms with E-state index in [1.807, 2.05) is 6.92 Å². The van der Waals surface area contributed by atoms with Crippen LogP contribution in [0.1, 0.15) is 213 Å². The van der Waals surface area contributed by atoms with Gasteiger partial charge in [0.1, 0.15) is 13.2 Å². The Morgan fingerprint density at radius 2 is 0.714 bits per heavy atom. The molecule has 1 atom stereocenters. The Kier molecular flexibility index (Phi) is 37.0. The van der Waals surface area contributed by atoms with Crippen molar-refractivity contribution in [3.63, 3.8) is 0 Å². The van der Waals surface area contributed by atoms with Gasteiger partial charge in [-0.2, -0.15) is 0 Å². The predicted octanol–water partition coefficient (Wildman–Crippen LogP) is 12.9. The summed E-state index contributed by atoms with van der Waals surface area (Å²) in [5.74, 6) is -0.960. The molecular formula is C43H78O6. The van der Waals surface area contributed by atoms with E-state index in [9.17, 15) is 14.4 Å². The predicted molar refractivity (Wildman–Crippen MR) is 206 cm³/mol. The first-order chi connectivity index (χ1) is 24.0. The second kappa shape index (κ2) is 38.7. The number of allylic oxidation sites excluding steroid dienone is 4. The maximum absolute atomic E-state index is 12.5. The third kappa shape index (κ3) is 37.0. The van der Waals surface area contributed by atoms with Gasteiger partial charge in [0.2, 0.25) is 0 Å². The molecule has 0 aromatic heterocycles. The van der Waals surface area contributed by atoms with Gasteiger partial charge in [-0.15, -0.1) is 0 Å². The molecular weight excluding hydrogens is 612 g/mol. The molecule has 49 heavy (non-hydrogen) atoms. The van der Waals surface area contributed by atoms with Gasteiger partial charge < -0.3 is 14.2 Å². The summed E-state index contributed by atoms with van der Waals surface area (Å²) in [5, 5.41) is 0. The van der Waals surface area contributed by atoms with Crippen molar-refractivity contribution in [1.82, 2.24) is 0 Å². The average molecular weight is 691 g/mol. The zero-order valence-corrected chi connectivity index (χ0v) is 32.5. The maximum atomic E-state index is 12.5. The minimum absolute atomic E-state index is 0.0819. The van der Waals surface area contributed by atoms with Crippen LogP contribution in [0.5, 0.6) is 0 Å². The largest absolute Gasteiger partial charge is 0.462 e. The van der Waals surface area contributed by atoms with Crippen molar-refractivity contribution < 1.29 is 28.6 Å². The Morgan fingerprint density at radius 1 is 0.388 bits per heavy atom. The van der Waals surface area contributed by atoms with E-state index in [1.54, 1.807) is 0 Å². The number of rotatable bonds is 37. The van der Waals surface area contributed by atoms with Crippen molar-refractivity contribution in [3.8, 4) is 0 Å². The van der Waals surface area contributed by atoms with Gasteiger partial charge in [0.05, 0.1) is 0 Å². The van der Waals surface area contributed by atoms with Crippen LogP contribution >= 0.6 is 0 Å². The van der Waals surface area contributed by atoms with Gasteiger partial charge in [0.25, 0.3) is 0 Å². The molecule has 0 saturated carbocycles. The minimum Gasteiger partial charge on any atom is -0.462 e. The number of esters is 3. The second-order valence-corrected chi connectivity index (χ2v) is 13.9. The van der Waals surface area contributed by atoms with Crippen molar-refractivity contribution in [2.24, 2.45) is 0 Å². The van der Waals surface area contributed by atoms with Crippen molar-refractivity contribution in [2.45, 2.75) is 219 Å². The van der Waals surface area contributed by atoms with E-state index in [0.717, 1.165) is 51.4 Å². The van der Waals surface area contributed by atoms with Gasteiger partial charge in [-0.05, 0) is 70.6 Å². The van der Waals surface area contributed by atoms with Crippen molar-refractivity contribution in [2.75, 3.05) is 13.2 Å². The molecule has 0 rings (SSSR count). The van der Waals surface area contributed by atoms with Crippen LogP contribution in [0, 0.1) is 0 Å². The van der Waals surface area contributed by atoms with E-state index >= 15 is 0 Å². The number of ether oxygens (including phenoxy) is 3. The molecule has 0 N–H and O–H groups in total. The van der Waals surface area contributed by atoms with Crippen molar-refractivity contribution >= 4 is 17.9 Å². The first-order valence-corrected chi connectivity index (χ1v) is 20.8. The minimum atomic E-state index is -0.769. The molecule has 0 amide bonds. The van der Waals surface area contributed by atoms with Gasteiger partial charge in [0.15, 0.2) is 6.10 Å². The number of carbonyl (C=O) groups is 3. The quantitative estimate of drug-likeness (QED) is 0.0279. The Balaban J connectivity index is 4.03. The lowest BCUT2D eigenvalue weighted by molar-refractivity contribution is -0.167. The first kappa shape index (κ1) is 46.9. The van der Waals surface area contributed by atoms with Gasteiger partial charge in [-0.3, -0.25) is 14.4 Å². The van der Waals surface area contributed by atoms with E-state index in [2.05, 4.69) is 38.2 Å². The zero-order valence-electron chi connectivity index (χ0n) is 32.5. The fourth-order valence-electron chi connectivity index (χ4n) is 5.76. The summed E-state index contributed by atoms with van der Waals surface area (Å²) < 4.78 is 16.3. The van der Waals surface area contributed by atoms with Crippen LogP contribution in [0.4, 0.5) is 0 Å². The highest BCUT2D eigenvalue weighted by Gasteiger charge is 2.19. The summed E-state index contributed by atoms with van der Waals surface area (Å²) in [4.78, 5) is 36.8. The fourth-order valence-corrected chi connectivity index (χ4v) is 5.76.